The average molecular weight is 614 g/mol. The molecule has 1 heterocycles. The fraction of sp³-hybridized carbons (Fsp3) is 0.115. The monoisotopic (exact) mass is 612 g/mol. The van der Waals surface area contributed by atoms with Crippen LogP contribution in [0.25, 0.3) is 10.9 Å². The predicted octanol–water partition coefficient (Wildman–Crippen LogP) is 5.83. The fourth-order valence-electron chi connectivity index (χ4n) is 3.52. The molecule has 3 aromatic carbocycles. The number of hydrogen-bond donors (Lipinski definition) is 3. The maximum atomic E-state index is 13.2. The number of rotatable bonds is 6. The predicted molar refractivity (Wildman–Crippen MR) is 147 cm³/mol. The van der Waals surface area contributed by atoms with E-state index in [-0.39, 0.29) is 5.69 Å². The molecule has 184 valence electrons. The molecule has 0 fully saturated rings. The van der Waals surface area contributed by atoms with Crippen LogP contribution in [0.5, 0.6) is 5.75 Å². The lowest BCUT2D eigenvalue weighted by Gasteiger charge is -2.13. The summed E-state index contributed by atoms with van der Waals surface area (Å²) in [6, 6.07) is 19.3. The normalized spacial score (nSPS) is 10.7. The lowest BCUT2D eigenvalue weighted by atomic mass is 10.2. The van der Waals surface area contributed by atoms with Crippen LogP contribution < -0.4 is 20.8 Å². The van der Waals surface area contributed by atoms with Gasteiger partial charge in [-0.1, -0.05) is 22.0 Å². The number of carbonyl (C=O) groups is 3. The van der Waals surface area contributed by atoms with Crippen LogP contribution in [0, 0.1) is 6.92 Å². The van der Waals surface area contributed by atoms with Gasteiger partial charge in [0.05, 0.1) is 17.8 Å². The second kappa shape index (κ2) is 11.0. The Kier molecular flexibility index (Phi) is 7.76. The van der Waals surface area contributed by atoms with E-state index in [0.717, 1.165) is 10.0 Å². The van der Waals surface area contributed by atoms with E-state index in [1.54, 1.807) is 48.5 Å². The summed E-state index contributed by atoms with van der Waals surface area (Å²) >= 11 is 6.80. The molecule has 8 nitrogen and oxygen atoms in total. The summed E-state index contributed by atoms with van der Waals surface area (Å²) in [4.78, 5) is 38.7. The van der Waals surface area contributed by atoms with Gasteiger partial charge < -0.3 is 15.4 Å². The molecule has 10 heteroatoms. The molecule has 0 radical (unpaired) electrons. The van der Waals surface area contributed by atoms with Crippen molar-refractivity contribution in [1.29, 1.82) is 0 Å². The second-order valence-corrected chi connectivity index (χ2v) is 9.63. The van der Waals surface area contributed by atoms with Gasteiger partial charge in [-0.25, -0.2) is 4.68 Å². The van der Waals surface area contributed by atoms with E-state index in [4.69, 9.17) is 4.74 Å². The lowest BCUT2D eigenvalue weighted by molar-refractivity contribution is -0.133. The molecule has 3 amide bonds. The first-order valence-electron chi connectivity index (χ1n) is 11.0. The number of carbonyl (C=O) groups excluding carboxylic acids is 3. The average Bonchev–Trinajstić information content (AvgIpc) is 3.19. The van der Waals surface area contributed by atoms with Crippen LogP contribution >= 0.6 is 31.9 Å². The van der Waals surface area contributed by atoms with Crippen molar-refractivity contribution < 1.29 is 19.1 Å². The molecular weight excluding hydrogens is 592 g/mol. The van der Waals surface area contributed by atoms with Gasteiger partial charge in [0.1, 0.15) is 11.4 Å². The highest BCUT2D eigenvalue weighted by Gasteiger charge is 2.22. The van der Waals surface area contributed by atoms with Crippen molar-refractivity contribution in [2.24, 2.45) is 0 Å². The van der Waals surface area contributed by atoms with Crippen LogP contribution in [0.3, 0.4) is 0 Å². The number of aromatic nitrogens is 1. The summed E-state index contributed by atoms with van der Waals surface area (Å²) in [5.41, 5.74) is 5.25. The van der Waals surface area contributed by atoms with Crippen molar-refractivity contribution in [2.45, 2.75) is 13.8 Å². The molecule has 0 saturated heterocycles. The molecule has 4 aromatic rings. The molecule has 3 N–H and O–H groups in total. The molecule has 1 aromatic heterocycles. The molecule has 0 aliphatic heterocycles. The number of ether oxygens (including phenoxy) is 1. The third kappa shape index (κ3) is 5.77. The molecule has 0 unspecified atom stereocenters. The highest BCUT2D eigenvalue weighted by atomic mass is 79.9. The topological polar surface area (TPSA) is 101 Å². The van der Waals surface area contributed by atoms with Gasteiger partial charge in [-0.15, -0.1) is 0 Å². The number of nitrogens with zero attached hydrogens (tertiary/aromatic N) is 1. The first kappa shape index (κ1) is 25.5. The molecule has 0 spiro atoms. The first-order valence-corrected chi connectivity index (χ1v) is 12.6. The van der Waals surface area contributed by atoms with Crippen LogP contribution in [0.2, 0.25) is 0 Å². The van der Waals surface area contributed by atoms with E-state index in [2.05, 4.69) is 47.9 Å². The van der Waals surface area contributed by atoms with E-state index in [9.17, 15) is 14.4 Å². The van der Waals surface area contributed by atoms with Gasteiger partial charge in [0.2, 0.25) is 0 Å². The van der Waals surface area contributed by atoms with Gasteiger partial charge in [-0.2, -0.15) is 0 Å². The first-order chi connectivity index (χ1) is 17.2. The highest BCUT2D eigenvalue weighted by molar-refractivity contribution is 9.10. The Labute approximate surface area is 224 Å². The van der Waals surface area contributed by atoms with Crippen molar-refractivity contribution >= 4 is 71.9 Å². The summed E-state index contributed by atoms with van der Waals surface area (Å²) < 4.78 is 8.19. The smallest absolute Gasteiger partial charge is 0.328 e. The Bertz CT molecular complexity index is 1470. The zero-order valence-electron chi connectivity index (χ0n) is 19.4. The number of fused-ring (bicyclic) bond motifs is 1. The Balaban J connectivity index is 1.59. The van der Waals surface area contributed by atoms with E-state index < -0.39 is 17.7 Å². The number of hydrogen-bond acceptors (Lipinski definition) is 4. The van der Waals surface area contributed by atoms with Gasteiger partial charge in [0, 0.05) is 20.0 Å². The Hall–Kier alpha value is -3.63. The molecule has 0 saturated carbocycles. The standard InChI is InChI=1S/C26H22Br2N4O4/c1-3-36-19-8-6-18(7-9-19)29-24(33)23-14-16-13-17(27)5-11-22(16)32(23)31-26(35)25(34)30-21-10-4-15(2)12-20(21)28/h4-14H,3H2,1-2H3,(H,29,33)(H,30,34)(H,31,35). The SMILES string of the molecule is CCOc1ccc(NC(=O)c2cc3cc(Br)ccc3n2NC(=O)C(=O)Nc2ccc(C)cc2Br)cc1. The van der Waals surface area contributed by atoms with Crippen LogP contribution in [0.15, 0.2) is 75.7 Å². The summed E-state index contributed by atoms with van der Waals surface area (Å²) in [6.45, 7) is 4.34. The number of aryl methyl sites for hydroxylation is 1. The Morgan fingerprint density at radius 1 is 0.889 bits per heavy atom. The van der Waals surface area contributed by atoms with Gasteiger partial charge in [-0.3, -0.25) is 19.8 Å². The molecule has 36 heavy (non-hydrogen) atoms. The van der Waals surface area contributed by atoms with Crippen LogP contribution in [-0.2, 0) is 9.59 Å². The zero-order chi connectivity index (χ0) is 25.8. The van der Waals surface area contributed by atoms with Crippen molar-refractivity contribution in [1.82, 2.24) is 4.68 Å². The van der Waals surface area contributed by atoms with E-state index in [0.29, 0.717) is 39.1 Å². The quantitative estimate of drug-likeness (QED) is 0.238. The van der Waals surface area contributed by atoms with E-state index in [1.165, 1.54) is 4.68 Å². The maximum Gasteiger partial charge on any atom is 0.328 e. The lowest BCUT2D eigenvalue weighted by Crippen LogP contribution is -2.36. The van der Waals surface area contributed by atoms with Gasteiger partial charge in [-0.05, 0) is 96.0 Å². The number of nitrogens with one attached hydrogen (secondary N) is 3. The Morgan fingerprint density at radius 2 is 1.64 bits per heavy atom. The summed E-state index contributed by atoms with van der Waals surface area (Å²) in [6.07, 6.45) is 0. The van der Waals surface area contributed by atoms with Crippen LogP contribution in [0.4, 0.5) is 11.4 Å². The van der Waals surface area contributed by atoms with Crippen molar-refractivity contribution in [3.8, 4) is 5.75 Å². The summed E-state index contributed by atoms with van der Waals surface area (Å²) in [5.74, 6) is -1.59. The van der Waals surface area contributed by atoms with E-state index in [1.807, 2.05) is 32.0 Å². The minimum atomic E-state index is -0.932. The molecule has 0 atom stereocenters. The van der Waals surface area contributed by atoms with Crippen molar-refractivity contribution in [3.05, 3.63) is 86.9 Å². The number of anilines is 2. The van der Waals surface area contributed by atoms with E-state index >= 15 is 0 Å². The van der Waals surface area contributed by atoms with Crippen molar-refractivity contribution in [2.75, 3.05) is 22.7 Å². The molecule has 0 aliphatic carbocycles. The molecule has 0 aliphatic rings. The minimum Gasteiger partial charge on any atom is -0.494 e. The van der Waals surface area contributed by atoms with Crippen LogP contribution in [0.1, 0.15) is 23.0 Å². The maximum absolute atomic E-state index is 13.2. The third-order valence-corrected chi connectivity index (χ3v) is 6.36. The number of halogens is 2. The summed E-state index contributed by atoms with van der Waals surface area (Å²) in [5, 5.41) is 6.09. The highest BCUT2D eigenvalue weighted by Crippen LogP contribution is 2.25. The molecule has 4 rings (SSSR count). The minimum absolute atomic E-state index is 0.148. The van der Waals surface area contributed by atoms with Gasteiger partial charge in [0.15, 0.2) is 0 Å². The Morgan fingerprint density at radius 3 is 2.33 bits per heavy atom. The fourth-order valence-corrected chi connectivity index (χ4v) is 4.49. The zero-order valence-corrected chi connectivity index (χ0v) is 22.6. The summed E-state index contributed by atoms with van der Waals surface area (Å²) in [7, 11) is 0. The third-order valence-electron chi connectivity index (χ3n) is 5.21. The van der Waals surface area contributed by atoms with Crippen LogP contribution in [-0.4, -0.2) is 29.0 Å². The number of benzene rings is 3. The largest absolute Gasteiger partial charge is 0.494 e. The number of amides is 3. The second-order valence-electron chi connectivity index (χ2n) is 7.86. The molecule has 0 bridgehead atoms. The van der Waals surface area contributed by atoms with Gasteiger partial charge >= 0.3 is 11.8 Å². The van der Waals surface area contributed by atoms with Crippen molar-refractivity contribution in [3.63, 3.8) is 0 Å². The van der Waals surface area contributed by atoms with Gasteiger partial charge in [0.25, 0.3) is 5.91 Å². The molecular formula is C26H22Br2N4O4.